The van der Waals surface area contributed by atoms with Crippen LogP contribution in [0.1, 0.15) is 52.9 Å². The first-order valence-corrected chi connectivity index (χ1v) is 18.9. The number of halogens is 1. The minimum atomic E-state index is -4.11. The van der Waals surface area contributed by atoms with Crippen molar-refractivity contribution in [2.24, 2.45) is 0 Å². The number of sulfonamides is 1. The maximum Gasteiger partial charge on any atom is 0.274 e. The fourth-order valence-electron chi connectivity index (χ4n) is 6.00. The Labute approximate surface area is 308 Å². The molecule has 11 nitrogen and oxygen atoms in total. The van der Waals surface area contributed by atoms with Crippen LogP contribution in [0.25, 0.3) is 0 Å². The van der Waals surface area contributed by atoms with E-state index in [0.29, 0.717) is 23.1 Å². The molecular weight excluding hydrogens is 702 g/mol. The van der Waals surface area contributed by atoms with Crippen LogP contribution in [-0.4, -0.2) is 42.2 Å². The third-order valence-electron chi connectivity index (χ3n) is 8.65. The second kappa shape index (κ2) is 16.9. The molecule has 1 aliphatic carbocycles. The van der Waals surface area contributed by atoms with Crippen LogP contribution in [0.5, 0.6) is 5.75 Å². The molecule has 52 heavy (non-hydrogen) atoms. The number of aryl methyl sites for hydroxylation is 1. The monoisotopic (exact) mass is 741 g/mol. The number of amides is 2. The van der Waals surface area contributed by atoms with Gasteiger partial charge >= 0.3 is 0 Å². The smallest absolute Gasteiger partial charge is 0.274 e. The number of aromatic nitrogens is 2. The minimum Gasteiger partial charge on any atom is -0.487 e. The standard InChI is InChI=1S/C39H40ClN5O6S/c1-27-16-21-36(51-26-29-12-6-3-7-13-29)33(22-27)42-39(47)34-23-37(44-52(48,49)31-19-17-30(40)18-20-31)43-45(34)24-38(46)41-32-14-8-9-15-35(32)50-25-28-10-4-2-5-11-28/h2-7,10-13,16-23,32,35H,8-9,14-15,24-26H2,1H3,(H,41,46)(H,42,47)(H,43,44)/t32-,35-/m0/s1. The molecule has 0 aliphatic heterocycles. The summed E-state index contributed by atoms with van der Waals surface area (Å²) in [4.78, 5) is 27.5. The molecule has 2 atom stereocenters. The average Bonchev–Trinajstić information content (AvgIpc) is 3.53. The normalized spacial score (nSPS) is 15.8. The quantitative estimate of drug-likeness (QED) is 0.110. The van der Waals surface area contributed by atoms with E-state index in [2.05, 4.69) is 20.5 Å². The molecule has 6 rings (SSSR count). The zero-order valence-electron chi connectivity index (χ0n) is 28.6. The van der Waals surface area contributed by atoms with Crippen LogP contribution in [0.2, 0.25) is 5.02 Å². The van der Waals surface area contributed by atoms with Gasteiger partial charge in [0.1, 0.15) is 24.6 Å². The van der Waals surface area contributed by atoms with Gasteiger partial charge in [0.15, 0.2) is 5.82 Å². The van der Waals surface area contributed by atoms with Gasteiger partial charge in [-0.05, 0) is 72.9 Å². The van der Waals surface area contributed by atoms with Gasteiger partial charge in [-0.15, -0.1) is 0 Å². The Morgan fingerprint density at radius 3 is 2.25 bits per heavy atom. The highest BCUT2D eigenvalue weighted by atomic mass is 35.5. The van der Waals surface area contributed by atoms with E-state index in [1.165, 1.54) is 35.0 Å². The van der Waals surface area contributed by atoms with E-state index in [-0.39, 0.29) is 41.7 Å². The lowest BCUT2D eigenvalue weighted by Gasteiger charge is -2.32. The maximum atomic E-state index is 13.9. The number of anilines is 2. The molecule has 0 unspecified atom stereocenters. The Bertz CT molecular complexity index is 2090. The van der Waals surface area contributed by atoms with Crippen LogP contribution in [0, 0.1) is 6.92 Å². The molecule has 0 bridgehead atoms. The molecule has 3 N–H and O–H groups in total. The molecule has 0 radical (unpaired) electrons. The fourth-order valence-corrected chi connectivity index (χ4v) is 7.11. The van der Waals surface area contributed by atoms with Crippen LogP contribution in [0.3, 0.4) is 0 Å². The SMILES string of the molecule is Cc1ccc(OCc2ccccc2)c(NC(=O)c2cc(NS(=O)(=O)c3ccc(Cl)cc3)nn2CC(=O)N[C@H]2CCCC[C@@H]2OCc2ccccc2)c1. The molecule has 0 spiro atoms. The first-order chi connectivity index (χ1) is 25.1. The summed E-state index contributed by atoms with van der Waals surface area (Å²) >= 11 is 5.96. The zero-order valence-corrected chi connectivity index (χ0v) is 30.2. The topological polar surface area (TPSA) is 141 Å². The molecule has 1 heterocycles. The fraction of sp³-hybridized carbons (Fsp3) is 0.256. The molecule has 1 saturated carbocycles. The van der Waals surface area contributed by atoms with Gasteiger partial charge in [-0.25, -0.2) is 13.1 Å². The molecule has 13 heteroatoms. The van der Waals surface area contributed by atoms with Gasteiger partial charge in [0.25, 0.3) is 15.9 Å². The molecule has 0 saturated heterocycles. The molecular formula is C39H40ClN5O6S. The average molecular weight is 742 g/mol. The van der Waals surface area contributed by atoms with E-state index >= 15 is 0 Å². The van der Waals surface area contributed by atoms with Crippen molar-refractivity contribution in [3.8, 4) is 5.75 Å². The number of hydrogen-bond donors (Lipinski definition) is 3. The van der Waals surface area contributed by atoms with Crippen molar-refractivity contribution in [3.05, 3.63) is 137 Å². The Hall–Kier alpha value is -5.17. The van der Waals surface area contributed by atoms with E-state index in [0.717, 1.165) is 42.4 Å². The third kappa shape index (κ3) is 9.78. The van der Waals surface area contributed by atoms with Gasteiger partial charge < -0.3 is 20.1 Å². The molecule has 270 valence electrons. The summed E-state index contributed by atoms with van der Waals surface area (Å²) in [6.45, 7) is 2.24. The summed E-state index contributed by atoms with van der Waals surface area (Å²) in [6.07, 6.45) is 3.28. The van der Waals surface area contributed by atoms with E-state index < -0.39 is 21.8 Å². The Balaban J connectivity index is 1.22. The first-order valence-electron chi connectivity index (χ1n) is 17.0. The highest BCUT2D eigenvalue weighted by Gasteiger charge is 2.29. The number of carbonyl (C=O) groups is 2. The van der Waals surface area contributed by atoms with Crippen LogP contribution < -0.4 is 20.1 Å². The highest BCUT2D eigenvalue weighted by molar-refractivity contribution is 7.92. The molecule has 4 aromatic carbocycles. The number of hydrogen-bond acceptors (Lipinski definition) is 7. The zero-order chi connectivity index (χ0) is 36.5. The minimum absolute atomic E-state index is 0.0417. The lowest BCUT2D eigenvalue weighted by atomic mass is 9.92. The second-order valence-electron chi connectivity index (χ2n) is 12.7. The Morgan fingerprint density at radius 1 is 0.865 bits per heavy atom. The summed E-state index contributed by atoms with van der Waals surface area (Å²) in [6, 6.07) is 31.6. The number of carbonyl (C=O) groups excluding carboxylic acids is 2. The summed E-state index contributed by atoms with van der Waals surface area (Å²) in [5.74, 6) is -0.713. The number of rotatable bonds is 14. The molecule has 1 aliphatic rings. The predicted molar refractivity (Wildman–Crippen MR) is 200 cm³/mol. The van der Waals surface area contributed by atoms with E-state index in [9.17, 15) is 18.0 Å². The van der Waals surface area contributed by atoms with Crippen molar-refractivity contribution in [1.29, 1.82) is 0 Å². The van der Waals surface area contributed by atoms with Crippen molar-refractivity contribution in [2.45, 2.75) is 69.4 Å². The first kappa shape index (κ1) is 36.6. The molecule has 1 fully saturated rings. The Kier molecular flexibility index (Phi) is 11.9. The number of nitrogens with zero attached hydrogens (tertiary/aromatic N) is 2. The van der Waals surface area contributed by atoms with Crippen molar-refractivity contribution < 1.29 is 27.5 Å². The van der Waals surface area contributed by atoms with Gasteiger partial charge in [-0.3, -0.25) is 14.3 Å². The van der Waals surface area contributed by atoms with E-state index in [4.69, 9.17) is 21.1 Å². The van der Waals surface area contributed by atoms with Gasteiger partial charge in [0.2, 0.25) is 5.91 Å². The molecule has 2 amide bonds. The second-order valence-corrected chi connectivity index (χ2v) is 14.8. The van der Waals surface area contributed by atoms with Gasteiger partial charge in [0.05, 0.1) is 29.3 Å². The van der Waals surface area contributed by atoms with Crippen LogP contribution in [0.15, 0.2) is 114 Å². The third-order valence-corrected chi connectivity index (χ3v) is 10.3. The van der Waals surface area contributed by atoms with E-state index in [1.54, 1.807) is 12.1 Å². The summed E-state index contributed by atoms with van der Waals surface area (Å²) in [7, 11) is -4.11. The lowest BCUT2D eigenvalue weighted by Crippen LogP contribution is -2.47. The van der Waals surface area contributed by atoms with Crippen LogP contribution >= 0.6 is 11.6 Å². The molecule has 5 aromatic rings. The number of ether oxygens (including phenoxy) is 2. The largest absolute Gasteiger partial charge is 0.487 e. The summed E-state index contributed by atoms with van der Waals surface area (Å²) in [5.41, 5.74) is 3.24. The van der Waals surface area contributed by atoms with Crippen molar-refractivity contribution >= 4 is 44.9 Å². The van der Waals surface area contributed by atoms with E-state index in [1.807, 2.05) is 73.7 Å². The van der Waals surface area contributed by atoms with Gasteiger partial charge in [-0.2, -0.15) is 5.10 Å². The van der Waals surface area contributed by atoms with Gasteiger partial charge in [0, 0.05) is 11.1 Å². The van der Waals surface area contributed by atoms with Gasteiger partial charge in [-0.1, -0.05) is 91.2 Å². The van der Waals surface area contributed by atoms with Crippen molar-refractivity contribution in [2.75, 3.05) is 10.0 Å². The van der Waals surface area contributed by atoms with Crippen LogP contribution in [-0.2, 0) is 39.3 Å². The number of benzene rings is 4. The number of nitrogens with one attached hydrogen (secondary N) is 3. The summed E-state index contributed by atoms with van der Waals surface area (Å²) < 4.78 is 42.4. The van der Waals surface area contributed by atoms with Crippen LogP contribution in [0.4, 0.5) is 11.5 Å². The Morgan fingerprint density at radius 2 is 1.54 bits per heavy atom. The molecule has 1 aromatic heterocycles. The van der Waals surface area contributed by atoms with Crippen molar-refractivity contribution in [1.82, 2.24) is 15.1 Å². The predicted octanol–water partition coefficient (Wildman–Crippen LogP) is 7.12. The summed E-state index contributed by atoms with van der Waals surface area (Å²) in [5, 5.41) is 10.7. The maximum absolute atomic E-state index is 13.9. The highest BCUT2D eigenvalue weighted by Crippen LogP contribution is 2.28. The lowest BCUT2D eigenvalue weighted by molar-refractivity contribution is -0.124. The van der Waals surface area contributed by atoms with Crippen molar-refractivity contribution in [3.63, 3.8) is 0 Å².